The third kappa shape index (κ3) is 8.03. The second-order valence-electron chi connectivity index (χ2n) is 6.57. The predicted octanol–water partition coefficient (Wildman–Crippen LogP) is 5.61. The Labute approximate surface area is 158 Å². The van der Waals surface area contributed by atoms with E-state index in [0.717, 1.165) is 31.6 Å². The topological polar surface area (TPSA) is 38.7 Å². The van der Waals surface area contributed by atoms with Gasteiger partial charge in [0.25, 0.3) is 0 Å². The highest BCUT2D eigenvalue weighted by Gasteiger charge is 1.99. The molecule has 0 saturated carbocycles. The first-order valence-corrected chi connectivity index (χ1v) is 9.83. The highest BCUT2D eigenvalue weighted by Crippen LogP contribution is 2.22. The molecule has 0 atom stereocenters. The van der Waals surface area contributed by atoms with E-state index in [1.807, 2.05) is 19.1 Å². The number of rotatable bonds is 13. The molecule has 2 rings (SSSR count). The molecule has 0 aliphatic carbocycles. The molecule has 2 aromatic rings. The lowest BCUT2D eigenvalue weighted by Crippen LogP contribution is -2.04. The van der Waals surface area contributed by atoms with Gasteiger partial charge in [0.05, 0.1) is 13.2 Å². The van der Waals surface area contributed by atoms with Crippen molar-refractivity contribution >= 4 is 0 Å². The Bertz CT molecular complexity index is 590. The first-order chi connectivity index (χ1) is 12.8. The van der Waals surface area contributed by atoms with Gasteiger partial charge in [0.15, 0.2) is 0 Å². The Kier molecular flexibility index (Phi) is 9.84. The van der Waals surface area contributed by atoms with Gasteiger partial charge in [-0.15, -0.1) is 0 Å². The Balaban J connectivity index is 1.54. The van der Waals surface area contributed by atoms with Crippen LogP contribution in [0.1, 0.15) is 44.6 Å². The van der Waals surface area contributed by atoms with E-state index >= 15 is 0 Å². The van der Waals surface area contributed by atoms with Gasteiger partial charge in [-0.05, 0) is 55.0 Å². The molecule has 3 nitrogen and oxygen atoms in total. The van der Waals surface area contributed by atoms with Crippen LogP contribution in [0.5, 0.6) is 5.75 Å². The minimum absolute atomic E-state index is 0.308. The van der Waals surface area contributed by atoms with Crippen molar-refractivity contribution in [3.05, 3.63) is 54.1 Å². The molecule has 0 aliphatic heterocycles. The van der Waals surface area contributed by atoms with E-state index in [1.54, 1.807) is 12.1 Å². The second kappa shape index (κ2) is 12.5. The molecule has 0 unspecified atom stereocenters. The zero-order chi connectivity index (χ0) is 18.5. The summed E-state index contributed by atoms with van der Waals surface area (Å²) in [5.74, 6) is 0.308. The molecule has 0 bridgehead atoms. The van der Waals surface area contributed by atoms with Gasteiger partial charge >= 0.3 is 0 Å². The molecule has 0 spiro atoms. The lowest BCUT2D eigenvalue weighted by Gasteiger charge is -2.06. The van der Waals surface area contributed by atoms with Crippen molar-refractivity contribution in [3.63, 3.8) is 0 Å². The molecule has 0 saturated heterocycles. The number of unbranched alkanes of at least 4 members (excludes halogenated alkanes) is 4. The van der Waals surface area contributed by atoms with Crippen molar-refractivity contribution in [3.8, 4) is 16.9 Å². The standard InChI is InChI=1S/C23H32O3/c1-2-25-18-19-26-17-7-5-3-4-6-8-20-9-11-21(12-10-20)22-13-15-23(24)16-14-22/h9-16,24H,2-8,17-19H2,1H3. The molecule has 26 heavy (non-hydrogen) atoms. The maximum atomic E-state index is 9.37. The number of hydrogen-bond acceptors (Lipinski definition) is 3. The summed E-state index contributed by atoms with van der Waals surface area (Å²) in [6.45, 7) is 5.05. The first kappa shape index (κ1) is 20.5. The van der Waals surface area contributed by atoms with Crippen LogP contribution in [-0.2, 0) is 15.9 Å². The van der Waals surface area contributed by atoms with E-state index in [-0.39, 0.29) is 0 Å². The molecule has 2 aromatic carbocycles. The number of aryl methyl sites for hydroxylation is 1. The minimum Gasteiger partial charge on any atom is -0.508 e. The van der Waals surface area contributed by atoms with Crippen molar-refractivity contribution in [2.24, 2.45) is 0 Å². The third-order valence-electron chi connectivity index (χ3n) is 4.48. The van der Waals surface area contributed by atoms with Gasteiger partial charge in [0.2, 0.25) is 0 Å². The SMILES string of the molecule is CCOCCOCCCCCCCc1ccc(-c2ccc(O)cc2)cc1. The number of aromatic hydroxyl groups is 1. The fourth-order valence-electron chi connectivity index (χ4n) is 2.95. The van der Waals surface area contributed by atoms with E-state index < -0.39 is 0 Å². The van der Waals surface area contributed by atoms with Crippen LogP contribution >= 0.6 is 0 Å². The van der Waals surface area contributed by atoms with Gasteiger partial charge in [-0.2, -0.15) is 0 Å². The molecule has 0 heterocycles. The monoisotopic (exact) mass is 356 g/mol. The summed E-state index contributed by atoms with van der Waals surface area (Å²) in [5.41, 5.74) is 3.72. The predicted molar refractivity (Wildman–Crippen MR) is 108 cm³/mol. The normalized spacial score (nSPS) is 11.0. The van der Waals surface area contributed by atoms with Crippen LogP contribution in [0, 0.1) is 0 Å². The maximum absolute atomic E-state index is 9.37. The number of ether oxygens (including phenoxy) is 2. The lowest BCUT2D eigenvalue weighted by molar-refractivity contribution is 0.0512. The molecule has 142 valence electrons. The summed E-state index contributed by atoms with van der Waals surface area (Å²) in [4.78, 5) is 0. The van der Waals surface area contributed by atoms with Gasteiger partial charge in [-0.1, -0.05) is 55.7 Å². The van der Waals surface area contributed by atoms with Gasteiger partial charge in [-0.3, -0.25) is 0 Å². The van der Waals surface area contributed by atoms with Gasteiger partial charge < -0.3 is 14.6 Å². The Hall–Kier alpha value is -1.84. The molecule has 0 aromatic heterocycles. The smallest absolute Gasteiger partial charge is 0.115 e. The summed E-state index contributed by atoms with van der Waals surface area (Å²) in [6.07, 6.45) is 7.32. The fraction of sp³-hybridized carbons (Fsp3) is 0.478. The summed E-state index contributed by atoms with van der Waals surface area (Å²) in [7, 11) is 0. The minimum atomic E-state index is 0.308. The number of phenolic OH excluding ortho intramolecular Hbond substituents is 1. The van der Waals surface area contributed by atoms with E-state index in [4.69, 9.17) is 9.47 Å². The van der Waals surface area contributed by atoms with E-state index in [2.05, 4.69) is 24.3 Å². The average molecular weight is 357 g/mol. The van der Waals surface area contributed by atoms with Crippen molar-refractivity contribution in [1.82, 2.24) is 0 Å². The van der Waals surface area contributed by atoms with Crippen LogP contribution in [0.15, 0.2) is 48.5 Å². The highest BCUT2D eigenvalue weighted by atomic mass is 16.5. The molecule has 0 radical (unpaired) electrons. The van der Waals surface area contributed by atoms with Crippen LogP contribution in [0.2, 0.25) is 0 Å². The lowest BCUT2D eigenvalue weighted by atomic mass is 10.0. The summed E-state index contributed by atoms with van der Waals surface area (Å²) < 4.78 is 10.8. The van der Waals surface area contributed by atoms with Crippen LogP contribution in [0.4, 0.5) is 0 Å². The molecule has 1 N–H and O–H groups in total. The summed E-state index contributed by atoms with van der Waals surface area (Å²) >= 11 is 0. The number of hydrogen-bond donors (Lipinski definition) is 1. The highest BCUT2D eigenvalue weighted by molar-refractivity contribution is 5.64. The average Bonchev–Trinajstić information content (AvgIpc) is 2.67. The van der Waals surface area contributed by atoms with Gasteiger partial charge in [0.1, 0.15) is 5.75 Å². The van der Waals surface area contributed by atoms with Crippen LogP contribution in [0.3, 0.4) is 0 Å². The fourth-order valence-corrected chi connectivity index (χ4v) is 2.95. The Morgan fingerprint density at radius 1 is 0.654 bits per heavy atom. The van der Waals surface area contributed by atoms with Crippen LogP contribution in [0.25, 0.3) is 11.1 Å². The molecular weight excluding hydrogens is 324 g/mol. The van der Waals surface area contributed by atoms with Crippen molar-refractivity contribution in [2.45, 2.75) is 45.4 Å². The molecule has 3 heteroatoms. The Morgan fingerprint density at radius 2 is 1.23 bits per heavy atom. The summed E-state index contributed by atoms with van der Waals surface area (Å²) in [6, 6.07) is 16.1. The zero-order valence-electron chi connectivity index (χ0n) is 16.0. The molecule has 0 fully saturated rings. The molecule has 0 aliphatic rings. The molecule has 0 amide bonds. The quantitative estimate of drug-likeness (QED) is 0.474. The van der Waals surface area contributed by atoms with E-state index in [1.165, 1.54) is 36.8 Å². The van der Waals surface area contributed by atoms with Crippen LogP contribution in [-0.4, -0.2) is 31.5 Å². The van der Waals surface area contributed by atoms with Gasteiger partial charge in [-0.25, -0.2) is 0 Å². The maximum Gasteiger partial charge on any atom is 0.115 e. The van der Waals surface area contributed by atoms with Gasteiger partial charge in [0, 0.05) is 13.2 Å². The van der Waals surface area contributed by atoms with E-state index in [9.17, 15) is 5.11 Å². The van der Waals surface area contributed by atoms with Crippen LogP contribution < -0.4 is 0 Å². The van der Waals surface area contributed by atoms with E-state index in [0.29, 0.717) is 19.0 Å². The van der Waals surface area contributed by atoms with Crippen molar-refractivity contribution in [1.29, 1.82) is 0 Å². The van der Waals surface area contributed by atoms with Crippen molar-refractivity contribution < 1.29 is 14.6 Å². The summed E-state index contributed by atoms with van der Waals surface area (Å²) in [5, 5.41) is 9.37. The zero-order valence-corrected chi connectivity index (χ0v) is 16.0. The number of phenols is 1. The van der Waals surface area contributed by atoms with Crippen molar-refractivity contribution in [2.75, 3.05) is 26.4 Å². The number of benzene rings is 2. The molecular formula is C23H32O3. The first-order valence-electron chi connectivity index (χ1n) is 9.83. The second-order valence-corrected chi connectivity index (χ2v) is 6.57. The Morgan fingerprint density at radius 3 is 1.92 bits per heavy atom. The largest absolute Gasteiger partial charge is 0.508 e. The third-order valence-corrected chi connectivity index (χ3v) is 4.48.